The molecular weight excluding hydrogens is 428 g/mol. The highest BCUT2D eigenvalue weighted by Gasteiger charge is 2.42. The van der Waals surface area contributed by atoms with Gasteiger partial charge in [0.25, 0.3) is 5.91 Å². The molecule has 1 aliphatic heterocycles. The van der Waals surface area contributed by atoms with E-state index in [1.807, 2.05) is 12.1 Å². The molecular formula is C24H28N2O5S. The number of benzene rings is 1. The van der Waals surface area contributed by atoms with Gasteiger partial charge in [0, 0.05) is 21.3 Å². The summed E-state index contributed by atoms with van der Waals surface area (Å²) in [4.78, 5) is 27.1. The molecule has 8 heteroatoms. The van der Waals surface area contributed by atoms with Gasteiger partial charge < -0.3 is 24.5 Å². The summed E-state index contributed by atoms with van der Waals surface area (Å²) in [5.41, 5.74) is 1.28. The number of hydrogen-bond acceptors (Lipinski definition) is 7. The average Bonchev–Trinajstić information content (AvgIpc) is 3.28. The topological polar surface area (TPSA) is 89.8 Å². The molecule has 0 radical (unpaired) electrons. The van der Waals surface area contributed by atoms with Crippen LogP contribution >= 0.6 is 11.3 Å². The molecule has 4 rings (SSSR count). The molecule has 1 aliphatic rings. The molecule has 32 heavy (non-hydrogen) atoms. The molecule has 0 saturated carbocycles. The summed E-state index contributed by atoms with van der Waals surface area (Å²) in [7, 11) is 1.55. The fourth-order valence-corrected chi connectivity index (χ4v) is 5.77. The van der Waals surface area contributed by atoms with E-state index in [2.05, 4.69) is 38.3 Å². The number of thiophene rings is 1. The number of methoxy groups -OCH3 is 1. The van der Waals surface area contributed by atoms with Gasteiger partial charge >= 0.3 is 5.97 Å². The number of esters is 1. The largest absolute Gasteiger partial charge is 0.493 e. The summed E-state index contributed by atoms with van der Waals surface area (Å²) in [6, 6.07) is 7.12. The Kier molecular flexibility index (Phi) is 5.55. The maximum Gasteiger partial charge on any atom is 0.341 e. The summed E-state index contributed by atoms with van der Waals surface area (Å²) in [6.45, 7) is 10.4. The molecule has 170 valence electrons. The van der Waals surface area contributed by atoms with Crippen molar-refractivity contribution in [1.29, 1.82) is 0 Å². The molecule has 0 atom stereocenters. The first-order valence-corrected chi connectivity index (χ1v) is 11.4. The fourth-order valence-electron chi connectivity index (χ4n) is 4.51. The van der Waals surface area contributed by atoms with Crippen LogP contribution in [-0.2, 0) is 16.7 Å². The number of anilines is 1. The van der Waals surface area contributed by atoms with Crippen LogP contribution in [0.2, 0.25) is 0 Å². The number of carbonyl (C=O) groups is 2. The maximum atomic E-state index is 13.1. The maximum absolute atomic E-state index is 13.1. The Balaban J connectivity index is 1.76. The number of hydrogen-bond donors (Lipinski definition) is 2. The van der Waals surface area contributed by atoms with Crippen LogP contribution in [0.5, 0.6) is 5.75 Å². The van der Waals surface area contributed by atoms with Gasteiger partial charge in [-0.1, -0.05) is 12.1 Å². The number of rotatable bonds is 5. The van der Waals surface area contributed by atoms with E-state index in [0.717, 1.165) is 15.8 Å². The third-order valence-corrected chi connectivity index (χ3v) is 6.97. The van der Waals surface area contributed by atoms with Gasteiger partial charge in [0.1, 0.15) is 5.00 Å². The first-order chi connectivity index (χ1) is 15.1. The second-order valence-electron chi connectivity index (χ2n) is 9.09. The summed E-state index contributed by atoms with van der Waals surface area (Å²) < 4.78 is 16.5. The molecule has 0 unspecified atom stereocenters. The predicted octanol–water partition coefficient (Wildman–Crippen LogP) is 5.09. The van der Waals surface area contributed by atoms with E-state index in [-0.39, 0.29) is 23.4 Å². The van der Waals surface area contributed by atoms with Gasteiger partial charge in [0.15, 0.2) is 17.1 Å². The molecule has 3 aromatic rings. The minimum Gasteiger partial charge on any atom is -0.493 e. The minimum atomic E-state index is -0.433. The lowest BCUT2D eigenvalue weighted by molar-refractivity contribution is 0.0525. The van der Waals surface area contributed by atoms with E-state index >= 15 is 0 Å². The number of ether oxygens (including phenoxy) is 2. The molecule has 2 N–H and O–H groups in total. The van der Waals surface area contributed by atoms with Crippen molar-refractivity contribution in [3.8, 4) is 5.75 Å². The number of fused-ring (bicyclic) bond motifs is 2. The van der Waals surface area contributed by atoms with Crippen LogP contribution in [0.25, 0.3) is 11.0 Å². The summed E-state index contributed by atoms with van der Waals surface area (Å²) >= 11 is 1.40. The molecule has 3 heterocycles. The molecule has 2 aromatic heterocycles. The van der Waals surface area contributed by atoms with E-state index in [1.165, 1.54) is 11.3 Å². The van der Waals surface area contributed by atoms with Crippen molar-refractivity contribution in [1.82, 2.24) is 5.32 Å². The van der Waals surface area contributed by atoms with E-state index in [4.69, 9.17) is 13.9 Å². The van der Waals surface area contributed by atoms with Crippen LogP contribution in [0, 0.1) is 0 Å². The Morgan fingerprint density at radius 3 is 2.69 bits per heavy atom. The van der Waals surface area contributed by atoms with Gasteiger partial charge in [-0.25, -0.2) is 4.79 Å². The molecule has 0 aliphatic carbocycles. The van der Waals surface area contributed by atoms with Crippen LogP contribution in [0.15, 0.2) is 28.7 Å². The number of nitrogens with one attached hydrogen (secondary N) is 2. The summed E-state index contributed by atoms with van der Waals surface area (Å²) in [5, 5.41) is 7.76. The lowest BCUT2D eigenvalue weighted by Gasteiger charge is -2.42. The SMILES string of the molecule is CCOC(=O)c1c(NC(=O)c2cc3cccc(OC)c3o2)sc2c1CC(C)(C)NC2(C)C. The van der Waals surface area contributed by atoms with Gasteiger partial charge in [0.05, 0.1) is 19.3 Å². The molecule has 1 amide bonds. The summed E-state index contributed by atoms with van der Waals surface area (Å²) in [6.07, 6.45) is 0.647. The van der Waals surface area contributed by atoms with Gasteiger partial charge in [-0.2, -0.15) is 0 Å². The standard InChI is InChI=1S/C24H28N2O5S/c1-7-30-22(28)17-14-12-23(2,3)26-24(4,5)19(14)32-21(17)25-20(27)16-11-13-9-8-10-15(29-6)18(13)31-16/h8-11,26H,7,12H2,1-6H3,(H,25,27). The Morgan fingerprint density at radius 2 is 2.00 bits per heavy atom. The van der Waals surface area contributed by atoms with Crippen molar-refractivity contribution in [2.75, 3.05) is 19.0 Å². The smallest absolute Gasteiger partial charge is 0.341 e. The van der Waals surface area contributed by atoms with Crippen LogP contribution in [0.3, 0.4) is 0 Å². The molecule has 0 saturated heterocycles. The van der Waals surface area contributed by atoms with Crippen molar-refractivity contribution < 1.29 is 23.5 Å². The van der Waals surface area contributed by atoms with Gasteiger partial charge in [-0.3, -0.25) is 4.79 Å². The first kappa shape index (κ1) is 22.4. The van der Waals surface area contributed by atoms with Gasteiger partial charge in [0.2, 0.25) is 0 Å². The lowest BCUT2D eigenvalue weighted by atomic mass is 9.81. The zero-order valence-electron chi connectivity index (χ0n) is 19.2. The number of carbonyl (C=O) groups excluding carboxylic acids is 2. The molecule has 0 spiro atoms. The monoisotopic (exact) mass is 456 g/mol. The van der Waals surface area contributed by atoms with E-state index < -0.39 is 11.9 Å². The van der Waals surface area contributed by atoms with Crippen molar-refractivity contribution in [3.05, 3.63) is 46.0 Å². The van der Waals surface area contributed by atoms with Crippen LogP contribution in [0.1, 0.15) is 66.0 Å². The highest BCUT2D eigenvalue weighted by Crippen LogP contribution is 2.45. The Hall–Kier alpha value is -2.84. The normalized spacial score (nSPS) is 16.4. The zero-order valence-corrected chi connectivity index (χ0v) is 20.0. The van der Waals surface area contributed by atoms with E-state index in [1.54, 1.807) is 26.2 Å². The average molecular weight is 457 g/mol. The Labute approximate surface area is 191 Å². The van der Waals surface area contributed by atoms with Crippen molar-refractivity contribution >= 4 is 39.2 Å². The van der Waals surface area contributed by atoms with Crippen molar-refractivity contribution in [2.45, 2.75) is 52.1 Å². The molecule has 0 fully saturated rings. The van der Waals surface area contributed by atoms with Gasteiger partial charge in [-0.15, -0.1) is 11.3 Å². The minimum absolute atomic E-state index is 0.142. The lowest BCUT2D eigenvalue weighted by Crippen LogP contribution is -2.55. The zero-order chi connectivity index (χ0) is 23.3. The highest BCUT2D eigenvalue weighted by molar-refractivity contribution is 7.17. The number of amides is 1. The van der Waals surface area contributed by atoms with Crippen LogP contribution in [0.4, 0.5) is 5.00 Å². The molecule has 0 bridgehead atoms. The van der Waals surface area contributed by atoms with E-state index in [0.29, 0.717) is 28.3 Å². The first-order valence-electron chi connectivity index (χ1n) is 10.6. The molecule has 7 nitrogen and oxygen atoms in total. The summed E-state index contributed by atoms with van der Waals surface area (Å²) in [5.74, 6) is -0.170. The second kappa shape index (κ2) is 7.94. The van der Waals surface area contributed by atoms with Crippen molar-refractivity contribution in [3.63, 3.8) is 0 Å². The Bertz CT molecular complexity index is 1200. The fraction of sp³-hybridized carbons (Fsp3) is 0.417. The quantitative estimate of drug-likeness (QED) is 0.520. The second-order valence-corrected chi connectivity index (χ2v) is 10.1. The van der Waals surface area contributed by atoms with Crippen molar-refractivity contribution in [2.24, 2.45) is 0 Å². The van der Waals surface area contributed by atoms with Gasteiger partial charge in [-0.05, 0) is 58.7 Å². The number of para-hydroxylation sites is 1. The number of furan rings is 1. The predicted molar refractivity (Wildman–Crippen MR) is 125 cm³/mol. The Morgan fingerprint density at radius 1 is 1.25 bits per heavy atom. The molecule has 1 aromatic carbocycles. The van der Waals surface area contributed by atoms with Crippen LogP contribution < -0.4 is 15.4 Å². The highest BCUT2D eigenvalue weighted by atomic mass is 32.1. The van der Waals surface area contributed by atoms with E-state index in [9.17, 15) is 9.59 Å². The third-order valence-electron chi connectivity index (χ3n) is 5.50. The van der Waals surface area contributed by atoms with Crippen LogP contribution in [-0.4, -0.2) is 31.1 Å². The third kappa shape index (κ3) is 3.89.